The first-order chi connectivity index (χ1) is 13.3. The van der Waals surface area contributed by atoms with Crippen molar-refractivity contribution in [1.29, 1.82) is 0 Å². The average molecular weight is 382 g/mol. The lowest BCUT2D eigenvalue weighted by Crippen LogP contribution is -2.11. The van der Waals surface area contributed by atoms with Gasteiger partial charge in [-0.05, 0) is 68.7 Å². The molecule has 0 aliphatic heterocycles. The Balaban J connectivity index is 1.61. The molecule has 0 unspecified atom stereocenters. The molecule has 3 aromatic rings. The van der Waals surface area contributed by atoms with Crippen molar-refractivity contribution in [2.75, 3.05) is 6.61 Å². The summed E-state index contributed by atoms with van der Waals surface area (Å²) >= 11 is 6.09. The molecule has 0 atom stereocenters. The number of hydrogen-bond donors (Lipinski definition) is 0. The summed E-state index contributed by atoms with van der Waals surface area (Å²) < 4.78 is 8.31. The number of hydrogen-bond acceptors (Lipinski definition) is 3. The van der Waals surface area contributed by atoms with Gasteiger partial charge in [-0.15, -0.1) is 0 Å². The third-order valence-electron chi connectivity index (χ3n) is 5.95. The molecular weight excluding hydrogens is 358 g/mol. The van der Waals surface area contributed by atoms with E-state index in [4.69, 9.17) is 26.4 Å². The van der Waals surface area contributed by atoms with Gasteiger partial charge >= 0.3 is 0 Å². The highest BCUT2D eigenvalue weighted by molar-refractivity contribution is 6.30. The van der Waals surface area contributed by atoms with Gasteiger partial charge in [0.05, 0.1) is 17.7 Å². The van der Waals surface area contributed by atoms with E-state index in [2.05, 4.69) is 0 Å². The molecule has 2 heterocycles. The zero-order valence-corrected chi connectivity index (χ0v) is 16.2. The Labute approximate surface area is 164 Å². The molecule has 4 nitrogen and oxygen atoms in total. The number of rotatable bonds is 4. The number of benzene rings is 1. The molecule has 0 N–H and O–H groups in total. The van der Waals surface area contributed by atoms with Crippen LogP contribution in [0.3, 0.4) is 0 Å². The van der Waals surface area contributed by atoms with Gasteiger partial charge in [0.1, 0.15) is 5.52 Å². The lowest BCUT2D eigenvalue weighted by molar-refractivity contribution is 0.240. The van der Waals surface area contributed by atoms with Crippen LogP contribution < -0.4 is 4.74 Å². The van der Waals surface area contributed by atoms with E-state index in [1.54, 1.807) is 0 Å². The first-order valence-corrected chi connectivity index (χ1v) is 10.5. The lowest BCUT2D eigenvalue weighted by atomic mass is 9.95. The van der Waals surface area contributed by atoms with Gasteiger partial charge in [0, 0.05) is 22.5 Å². The third kappa shape index (κ3) is 3.20. The van der Waals surface area contributed by atoms with Crippen LogP contribution in [0.5, 0.6) is 5.88 Å². The number of aryl methyl sites for hydroxylation is 2. The van der Waals surface area contributed by atoms with E-state index >= 15 is 0 Å². The second-order valence-corrected chi connectivity index (χ2v) is 8.24. The summed E-state index contributed by atoms with van der Waals surface area (Å²) in [5, 5.41) is 6.74. The summed E-state index contributed by atoms with van der Waals surface area (Å²) in [4.78, 5) is 4.75. The molecule has 0 radical (unpaired) electrons. The fourth-order valence-corrected chi connectivity index (χ4v) is 4.58. The molecule has 2 aromatic heterocycles. The van der Waals surface area contributed by atoms with E-state index in [0.717, 1.165) is 46.9 Å². The van der Waals surface area contributed by atoms with Crippen molar-refractivity contribution in [3.8, 4) is 11.6 Å². The Morgan fingerprint density at radius 1 is 1.04 bits per heavy atom. The second-order valence-electron chi connectivity index (χ2n) is 7.81. The van der Waals surface area contributed by atoms with Crippen molar-refractivity contribution in [3.63, 3.8) is 0 Å². The molecule has 1 aromatic carbocycles. The van der Waals surface area contributed by atoms with E-state index in [1.165, 1.54) is 49.8 Å². The van der Waals surface area contributed by atoms with Crippen LogP contribution >= 0.6 is 11.6 Å². The van der Waals surface area contributed by atoms with Gasteiger partial charge in [-0.25, -0.2) is 0 Å². The molecule has 140 valence electrons. The smallest absolute Gasteiger partial charge is 0.226 e. The van der Waals surface area contributed by atoms with Crippen molar-refractivity contribution in [2.24, 2.45) is 5.92 Å². The van der Waals surface area contributed by atoms with Crippen LogP contribution in [-0.4, -0.2) is 21.4 Å². The quantitative estimate of drug-likeness (QED) is 0.597. The Morgan fingerprint density at radius 3 is 2.63 bits per heavy atom. The van der Waals surface area contributed by atoms with Crippen molar-refractivity contribution >= 4 is 22.5 Å². The van der Waals surface area contributed by atoms with E-state index in [0.29, 0.717) is 5.92 Å². The fourth-order valence-electron chi connectivity index (χ4n) is 4.45. The van der Waals surface area contributed by atoms with Gasteiger partial charge in [-0.1, -0.05) is 24.4 Å². The van der Waals surface area contributed by atoms with Crippen molar-refractivity contribution in [2.45, 2.75) is 51.4 Å². The number of aromatic nitrogens is 3. The normalized spacial score (nSPS) is 17.4. The standard InChI is InChI=1S/C22H24ClN3O/c23-16-9-11-17(12-10-16)26-22(27-14-15-5-1-2-6-15)19-13-24-20-8-4-3-7-18(20)21(19)25-26/h9-13,15H,1-8,14H2. The first-order valence-electron chi connectivity index (χ1n) is 10.1. The van der Waals surface area contributed by atoms with Gasteiger partial charge in [0.25, 0.3) is 0 Å². The van der Waals surface area contributed by atoms with Crippen LogP contribution in [0.4, 0.5) is 0 Å². The van der Waals surface area contributed by atoms with Crippen LogP contribution in [0.25, 0.3) is 16.6 Å². The highest BCUT2D eigenvalue weighted by Gasteiger charge is 2.23. The van der Waals surface area contributed by atoms with Gasteiger partial charge in [0.15, 0.2) is 0 Å². The van der Waals surface area contributed by atoms with E-state index in [1.807, 2.05) is 35.1 Å². The molecule has 0 bridgehead atoms. The van der Waals surface area contributed by atoms with Crippen LogP contribution in [0.1, 0.15) is 49.8 Å². The van der Waals surface area contributed by atoms with Gasteiger partial charge in [0.2, 0.25) is 5.88 Å². The van der Waals surface area contributed by atoms with E-state index in [9.17, 15) is 0 Å². The predicted molar refractivity (Wildman–Crippen MR) is 108 cm³/mol. The van der Waals surface area contributed by atoms with Crippen LogP contribution in [0.15, 0.2) is 30.5 Å². The number of halogens is 1. The SMILES string of the molecule is Clc1ccc(-n2nc3c4c(ncc3c2OCC2CCCC2)CCCC4)cc1. The van der Waals surface area contributed by atoms with Gasteiger partial charge < -0.3 is 4.74 Å². The molecule has 0 spiro atoms. The number of fused-ring (bicyclic) bond motifs is 3. The maximum atomic E-state index is 6.38. The first kappa shape index (κ1) is 17.1. The molecular formula is C22H24ClN3O. The number of ether oxygens (including phenoxy) is 1. The number of pyridine rings is 1. The lowest BCUT2D eigenvalue weighted by Gasteiger charge is -2.15. The van der Waals surface area contributed by atoms with Crippen molar-refractivity contribution < 1.29 is 4.74 Å². The largest absolute Gasteiger partial charge is 0.477 e. The minimum atomic E-state index is 0.652. The summed E-state index contributed by atoms with van der Waals surface area (Å²) in [5.41, 5.74) is 4.53. The van der Waals surface area contributed by atoms with Crippen LogP contribution in [-0.2, 0) is 12.8 Å². The Hall–Kier alpha value is -2.07. The summed E-state index contributed by atoms with van der Waals surface area (Å²) in [7, 11) is 0. The topological polar surface area (TPSA) is 39.9 Å². The van der Waals surface area contributed by atoms with Gasteiger partial charge in [-0.3, -0.25) is 4.98 Å². The molecule has 5 heteroatoms. The minimum Gasteiger partial charge on any atom is -0.477 e. The summed E-state index contributed by atoms with van der Waals surface area (Å²) in [6.07, 6.45) is 11.7. The number of nitrogens with zero attached hydrogens (tertiary/aromatic N) is 3. The van der Waals surface area contributed by atoms with Crippen LogP contribution in [0.2, 0.25) is 5.02 Å². The monoisotopic (exact) mass is 381 g/mol. The molecule has 1 fully saturated rings. The van der Waals surface area contributed by atoms with Crippen molar-refractivity contribution in [3.05, 3.63) is 46.7 Å². The van der Waals surface area contributed by atoms with Gasteiger partial charge in [-0.2, -0.15) is 9.78 Å². The maximum Gasteiger partial charge on any atom is 0.226 e. The third-order valence-corrected chi connectivity index (χ3v) is 6.21. The summed E-state index contributed by atoms with van der Waals surface area (Å²) in [5.74, 6) is 1.47. The predicted octanol–water partition coefficient (Wildman–Crippen LogP) is 5.52. The zero-order chi connectivity index (χ0) is 18.2. The Morgan fingerprint density at radius 2 is 1.81 bits per heavy atom. The second kappa shape index (κ2) is 7.16. The molecule has 0 saturated heterocycles. The van der Waals surface area contributed by atoms with Crippen molar-refractivity contribution in [1.82, 2.24) is 14.8 Å². The maximum absolute atomic E-state index is 6.38. The molecule has 2 aliphatic carbocycles. The van der Waals surface area contributed by atoms with E-state index in [-0.39, 0.29) is 0 Å². The minimum absolute atomic E-state index is 0.652. The molecule has 2 aliphatic rings. The molecule has 0 amide bonds. The van der Waals surface area contributed by atoms with Crippen LogP contribution in [0, 0.1) is 5.92 Å². The molecule has 5 rings (SSSR count). The molecule has 1 saturated carbocycles. The zero-order valence-electron chi connectivity index (χ0n) is 15.5. The highest BCUT2D eigenvalue weighted by atomic mass is 35.5. The fraction of sp³-hybridized carbons (Fsp3) is 0.455. The Bertz CT molecular complexity index is 958. The molecule has 27 heavy (non-hydrogen) atoms. The highest BCUT2D eigenvalue weighted by Crippen LogP contribution is 2.35. The Kier molecular flexibility index (Phi) is 4.52. The summed E-state index contributed by atoms with van der Waals surface area (Å²) in [6.45, 7) is 0.755. The summed E-state index contributed by atoms with van der Waals surface area (Å²) in [6, 6.07) is 7.79. The van der Waals surface area contributed by atoms with E-state index < -0.39 is 0 Å². The average Bonchev–Trinajstić information content (AvgIpc) is 3.34.